The van der Waals surface area contributed by atoms with Gasteiger partial charge in [-0.05, 0) is 31.6 Å². The summed E-state index contributed by atoms with van der Waals surface area (Å²) >= 11 is 0. The Morgan fingerprint density at radius 3 is 2.65 bits per heavy atom. The maximum Gasteiger partial charge on any atom is 0.435 e. The van der Waals surface area contributed by atoms with Crippen LogP contribution in [0.3, 0.4) is 0 Å². The van der Waals surface area contributed by atoms with Crippen LogP contribution in [0, 0.1) is 5.92 Å². The van der Waals surface area contributed by atoms with E-state index in [0.717, 1.165) is 12.8 Å². The molecule has 1 heterocycles. The first kappa shape index (κ1) is 12.4. The maximum absolute atomic E-state index is 12.7. The molecule has 3 nitrogen and oxygen atoms in total. The lowest BCUT2D eigenvalue weighted by molar-refractivity contribution is -0.142. The Kier molecular flexibility index (Phi) is 3.42. The monoisotopic (exact) mass is 248 g/mol. The average molecular weight is 248 g/mol. The molecule has 96 valence electrons. The fraction of sp³-hybridized carbons (Fsp3) is 0.727. The SMILES string of the molecule is OCCCc1cn(CC2CC2)nc1C(F)(F)F. The molecule has 0 aliphatic heterocycles. The maximum atomic E-state index is 12.7. The van der Waals surface area contributed by atoms with E-state index in [-0.39, 0.29) is 18.6 Å². The topological polar surface area (TPSA) is 38.0 Å². The number of aryl methyl sites for hydroxylation is 1. The van der Waals surface area contributed by atoms with Crippen molar-refractivity contribution in [2.45, 2.75) is 38.4 Å². The minimum Gasteiger partial charge on any atom is -0.396 e. The molecule has 6 heteroatoms. The second-order valence-corrected chi connectivity index (χ2v) is 4.49. The molecular weight excluding hydrogens is 233 g/mol. The normalized spacial score (nSPS) is 16.5. The van der Waals surface area contributed by atoms with Crippen LogP contribution in [0.25, 0.3) is 0 Å². The van der Waals surface area contributed by atoms with E-state index in [4.69, 9.17) is 5.11 Å². The number of aliphatic hydroxyl groups is 1. The number of aliphatic hydroxyl groups excluding tert-OH is 1. The Labute approximate surface area is 97.2 Å². The highest BCUT2D eigenvalue weighted by Gasteiger charge is 2.37. The number of aromatic nitrogens is 2. The van der Waals surface area contributed by atoms with E-state index in [0.29, 0.717) is 18.9 Å². The van der Waals surface area contributed by atoms with Gasteiger partial charge in [-0.2, -0.15) is 18.3 Å². The van der Waals surface area contributed by atoms with Crippen molar-refractivity contribution in [2.75, 3.05) is 6.61 Å². The average Bonchev–Trinajstić information content (AvgIpc) is 2.93. The third kappa shape index (κ3) is 3.21. The molecule has 1 aliphatic carbocycles. The zero-order chi connectivity index (χ0) is 12.5. The number of hydrogen-bond donors (Lipinski definition) is 1. The first-order valence-corrected chi connectivity index (χ1v) is 5.75. The highest BCUT2D eigenvalue weighted by Crippen LogP contribution is 2.34. The lowest BCUT2D eigenvalue weighted by Gasteiger charge is -2.04. The molecule has 0 radical (unpaired) electrons. The Hall–Kier alpha value is -1.04. The van der Waals surface area contributed by atoms with Crippen molar-refractivity contribution >= 4 is 0 Å². The first-order valence-electron chi connectivity index (χ1n) is 5.75. The van der Waals surface area contributed by atoms with Crippen molar-refractivity contribution in [1.82, 2.24) is 9.78 Å². The molecule has 0 amide bonds. The van der Waals surface area contributed by atoms with E-state index in [1.165, 1.54) is 10.9 Å². The number of hydrogen-bond acceptors (Lipinski definition) is 2. The largest absolute Gasteiger partial charge is 0.435 e. The minimum absolute atomic E-state index is 0.106. The summed E-state index contributed by atoms with van der Waals surface area (Å²) in [6.07, 6.45) is -0.231. The second kappa shape index (κ2) is 4.68. The van der Waals surface area contributed by atoms with Crippen LogP contribution in [0.1, 0.15) is 30.5 Å². The summed E-state index contributed by atoms with van der Waals surface area (Å²) < 4.78 is 39.5. The molecule has 0 aromatic carbocycles. The molecule has 1 saturated carbocycles. The van der Waals surface area contributed by atoms with Crippen LogP contribution in [0.4, 0.5) is 13.2 Å². The van der Waals surface area contributed by atoms with Crippen LogP contribution < -0.4 is 0 Å². The number of nitrogens with zero attached hydrogens (tertiary/aromatic N) is 2. The fourth-order valence-corrected chi connectivity index (χ4v) is 1.81. The molecule has 1 fully saturated rings. The minimum atomic E-state index is -4.40. The van der Waals surface area contributed by atoms with Gasteiger partial charge in [0.2, 0.25) is 0 Å². The van der Waals surface area contributed by atoms with Crippen molar-refractivity contribution < 1.29 is 18.3 Å². The van der Waals surface area contributed by atoms with E-state index < -0.39 is 11.9 Å². The van der Waals surface area contributed by atoms with Gasteiger partial charge >= 0.3 is 6.18 Å². The van der Waals surface area contributed by atoms with E-state index in [1.54, 1.807) is 0 Å². The zero-order valence-corrected chi connectivity index (χ0v) is 9.37. The molecule has 1 N–H and O–H groups in total. The molecule has 1 aliphatic rings. The van der Waals surface area contributed by atoms with Gasteiger partial charge in [-0.25, -0.2) is 0 Å². The van der Waals surface area contributed by atoms with Crippen molar-refractivity contribution in [1.29, 1.82) is 0 Å². The predicted octanol–water partition coefficient (Wildman–Crippen LogP) is 2.24. The van der Waals surface area contributed by atoms with Gasteiger partial charge in [-0.15, -0.1) is 0 Å². The van der Waals surface area contributed by atoms with Gasteiger partial charge in [-0.3, -0.25) is 4.68 Å². The van der Waals surface area contributed by atoms with E-state index in [1.807, 2.05) is 0 Å². The summed E-state index contributed by atoms with van der Waals surface area (Å²) in [5, 5.41) is 12.3. The van der Waals surface area contributed by atoms with E-state index in [2.05, 4.69) is 5.10 Å². The van der Waals surface area contributed by atoms with E-state index in [9.17, 15) is 13.2 Å². The molecule has 0 spiro atoms. The lowest BCUT2D eigenvalue weighted by Crippen LogP contribution is -2.10. The van der Waals surface area contributed by atoms with Crippen LogP contribution in [-0.2, 0) is 19.1 Å². The summed E-state index contributed by atoms with van der Waals surface area (Å²) in [6.45, 7) is 0.466. The summed E-state index contributed by atoms with van der Waals surface area (Å²) in [5.41, 5.74) is -0.612. The van der Waals surface area contributed by atoms with Crippen LogP contribution in [-0.4, -0.2) is 21.5 Å². The number of rotatable bonds is 5. The molecule has 0 atom stereocenters. The Bertz CT molecular complexity index is 383. The fourth-order valence-electron chi connectivity index (χ4n) is 1.81. The molecule has 1 aromatic heterocycles. The van der Waals surface area contributed by atoms with Crippen LogP contribution in [0.5, 0.6) is 0 Å². The molecule has 17 heavy (non-hydrogen) atoms. The standard InChI is InChI=1S/C11H15F3N2O/c12-11(13,14)10-9(2-1-5-17)7-16(15-10)6-8-3-4-8/h7-8,17H,1-6H2. The van der Waals surface area contributed by atoms with Gasteiger partial charge in [0.05, 0.1) is 0 Å². The summed E-state index contributed by atoms with van der Waals surface area (Å²) in [6, 6.07) is 0. The second-order valence-electron chi connectivity index (χ2n) is 4.49. The van der Waals surface area contributed by atoms with Gasteiger partial charge in [-0.1, -0.05) is 0 Å². The van der Waals surface area contributed by atoms with Crippen molar-refractivity contribution in [3.8, 4) is 0 Å². The highest BCUT2D eigenvalue weighted by atomic mass is 19.4. The molecule has 0 saturated heterocycles. The smallest absolute Gasteiger partial charge is 0.396 e. The van der Waals surface area contributed by atoms with Gasteiger partial charge in [0.25, 0.3) is 0 Å². The number of halogens is 3. The summed E-state index contributed by atoms with van der Waals surface area (Å²) in [5.74, 6) is 0.488. The molecule has 2 rings (SSSR count). The predicted molar refractivity (Wildman–Crippen MR) is 55.4 cm³/mol. The van der Waals surface area contributed by atoms with Gasteiger partial charge in [0, 0.05) is 24.9 Å². The van der Waals surface area contributed by atoms with E-state index >= 15 is 0 Å². The van der Waals surface area contributed by atoms with Crippen molar-refractivity contribution in [2.24, 2.45) is 5.92 Å². The lowest BCUT2D eigenvalue weighted by atomic mass is 10.1. The molecular formula is C11H15F3N2O. The Morgan fingerprint density at radius 2 is 2.12 bits per heavy atom. The van der Waals surface area contributed by atoms with Crippen LogP contribution in [0.15, 0.2) is 6.20 Å². The third-order valence-corrected chi connectivity index (χ3v) is 2.85. The van der Waals surface area contributed by atoms with Crippen molar-refractivity contribution in [3.63, 3.8) is 0 Å². The summed E-state index contributed by atoms with van der Waals surface area (Å²) in [4.78, 5) is 0. The van der Waals surface area contributed by atoms with Crippen LogP contribution >= 0.6 is 0 Å². The molecule has 0 unspecified atom stereocenters. The first-order chi connectivity index (χ1) is 8.00. The Morgan fingerprint density at radius 1 is 1.41 bits per heavy atom. The quantitative estimate of drug-likeness (QED) is 0.867. The van der Waals surface area contributed by atoms with Gasteiger partial charge < -0.3 is 5.11 Å². The Balaban J connectivity index is 2.16. The number of alkyl halides is 3. The van der Waals surface area contributed by atoms with Gasteiger partial charge in [0.15, 0.2) is 5.69 Å². The van der Waals surface area contributed by atoms with Gasteiger partial charge in [0.1, 0.15) is 0 Å². The molecule has 1 aromatic rings. The van der Waals surface area contributed by atoms with Crippen LogP contribution in [0.2, 0.25) is 0 Å². The highest BCUT2D eigenvalue weighted by molar-refractivity contribution is 5.20. The zero-order valence-electron chi connectivity index (χ0n) is 9.37. The van der Waals surface area contributed by atoms with Crippen molar-refractivity contribution in [3.05, 3.63) is 17.5 Å². The third-order valence-electron chi connectivity index (χ3n) is 2.85. The molecule has 0 bridgehead atoms. The summed E-state index contributed by atoms with van der Waals surface area (Å²) in [7, 11) is 0.